The van der Waals surface area contributed by atoms with Crippen LogP contribution in [0.15, 0.2) is 206 Å². The van der Waals surface area contributed by atoms with Crippen LogP contribution in [0.4, 0.5) is 0 Å². The minimum Gasteiger partial charge on any atom is -1.00 e. The Morgan fingerprint density at radius 2 is 0.636 bits per heavy atom. The molecule has 1 unspecified atom stereocenters. The smallest absolute Gasteiger partial charge is 0.127 e. The molecule has 88 heavy (non-hydrogen) atoms. The number of benzene rings is 6. The highest BCUT2D eigenvalue weighted by atomic mass is 127. The standard InChI is InChI=1S/C44H45P3.C12H20.C8H14I2.C8H16O2.C2H4O.3CH4.3HI/c1-7-19-39(20-8-1)46(40-21-9-2-10-22-40,41-23-11-3-12-24-41)36-38-33-31-37(32-34-38)35-45-47(42-25-13-4-14-26-42,43-27-15-5-16-28-43)44-29-17-6-18-30-44;1-3-5-11-7-9-12(6-4-2)10-8-11;2*9-5-7-1-2-8(6-10)4-3-7;1-2-3;;;;;;/h1-30,37-38,45H,31-36H2;3-6,11-12H,7-10H2,1-2H3;7-8H,1-6H2;7-10H,1-6H2;2H,1H3;3*1H4;3*1H/q+2;;;;;;;;;;/p-2/b;5-3+,6-4+;;;;;;;;;. The van der Waals surface area contributed by atoms with Crippen molar-refractivity contribution < 1.29 is 63.0 Å². The molecule has 488 valence electrons. The van der Waals surface area contributed by atoms with Gasteiger partial charge in [0.15, 0.2) is 0 Å². The van der Waals surface area contributed by atoms with Gasteiger partial charge in [-0.25, -0.2) is 0 Å². The van der Waals surface area contributed by atoms with Crippen molar-refractivity contribution in [3.8, 4) is 0 Å². The van der Waals surface area contributed by atoms with Gasteiger partial charge in [-0.3, -0.25) is 0 Å². The van der Waals surface area contributed by atoms with Crippen LogP contribution < -0.4 is 79.8 Å². The van der Waals surface area contributed by atoms with Crippen LogP contribution in [0.3, 0.4) is 0 Å². The van der Waals surface area contributed by atoms with Gasteiger partial charge in [-0.2, -0.15) is 0 Å². The molecule has 2 N–H and O–H groups in total. The molecule has 4 fully saturated rings. The molecule has 0 radical (unpaired) electrons. The number of hydrogen-bond acceptors (Lipinski definition) is 3. The Labute approximate surface area is 619 Å². The van der Waals surface area contributed by atoms with Gasteiger partial charge in [0, 0.05) is 28.2 Å². The molecule has 10 rings (SSSR count). The summed E-state index contributed by atoms with van der Waals surface area (Å²) in [6.07, 6.45) is 33.7. The van der Waals surface area contributed by atoms with Crippen LogP contribution >= 0.6 is 91.6 Å². The Morgan fingerprint density at radius 3 is 0.886 bits per heavy atom. The molecule has 0 spiro atoms. The third-order valence-corrected chi connectivity index (χ3v) is 33.6. The molecule has 0 amide bonds. The van der Waals surface area contributed by atoms with E-state index in [1.54, 1.807) is 0 Å². The molecule has 4 aliphatic carbocycles. The maximum atomic E-state index is 8.81. The zero-order valence-corrected chi connectivity index (χ0v) is 64.7. The molecular formula is C77H112I5O3P3. The molecule has 1 atom stereocenters. The predicted molar refractivity (Wildman–Crippen MR) is 419 cm³/mol. The number of hydrogen-bond donors (Lipinski definition) is 2. The Hall–Kier alpha value is -0.670. The van der Waals surface area contributed by atoms with Crippen LogP contribution in [-0.4, -0.2) is 50.9 Å². The summed E-state index contributed by atoms with van der Waals surface area (Å²) in [7, 11) is -0.907. The summed E-state index contributed by atoms with van der Waals surface area (Å²) in [4.78, 5) is 8.81. The van der Waals surface area contributed by atoms with E-state index in [2.05, 4.69) is 265 Å². The molecule has 0 heterocycles. The number of alkyl halides is 2. The average Bonchev–Trinajstić information content (AvgIpc) is 1.63. The van der Waals surface area contributed by atoms with Crippen molar-refractivity contribution in [1.29, 1.82) is 0 Å². The van der Waals surface area contributed by atoms with Gasteiger partial charge in [-0.05, 0) is 244 Å². The summed E-state index contributed by atoms with van der Waals surface area (Å²) >= 11 is 5.05. The topological polar surface area (TPSA) is 57.5 Å². The SMILES string of the molecule is C.C.C.C/C=C/C1CCC(/C=C/C)CC1.CC=O.I.ICC1CCC(CI)CC1.OCC1CCC(CO)CC1.[I-].[I-].c1ccc([P+](CC2CCC(CP[P+](c3ccccc3)(c3ccccc3)c3ccccc3)CC2)(c2ccccc2)c2ccccc2)cc1. The number of carbonyl (C=O) groups is 1. The summed E-state index contributed by atoms with van der Waals surface area (Å²) in [5.41, 5.74) is 0. The van der Waals surface area contributed by atoms with E-state index in [9.17, 15) is 0 Å². The third kappa shape index (κ3) is 27.6. The largest absolute Gasteiger partial charge is 1.00 e. The second kappa shape index (κ2) is 50.7. The molecule has 0 aliphatic heterocycles. The summed E-state index contributed by atoms with van der Waals surface area (Å²) in [5.74, 6) is 6.41. The normalized spacial score (nSPS) is 21.4. The summed E-state index contributed by atoms with van der Waals surface area (Å²) in [5, 5.41) is 26.7. The molecule has 6 aromatic rings. The fraction of sp³-hybridized carbons (Fsp3) is 0.468. The second-order valence-electron chi connectivity index (χ2n) is 23.3. The summed E-state index contributed by atoms with van der Waals surface area (Å²) < 4.78 is 2.76. The highest BCUT2D eigenvalue weighted by Gasteiger charge is 2.49. The zero-order chi connectivity index (χ0) is 58.1. The summed E-state index contributed by atoms with van der Waals surface area (Å²) in [6, 6.07) is 68.8. The quantitative estimate of drug-likeness (QED) is 0.0315. The van der Waals surface area contributed by atoms with E-state index in [1.165, 1.54) is 137 Å². The van der Waals surface area contributed by atoms with E-state index in [4.69, 9.17) is 15.0 Å². The number of carbonyl (C=O) groups excluding carboxylic acids is 1. The lowest BCUT2D eigenvalue weighted by atomic mass is 9.82. The predicted octanol–water partition coefficient (Wildman–Crippen LogP) is 14.5. The van der Waals surface area contributed by atoms with E-state index in [1.807, 2.05) is 0 Å². The average molecular weight is 1810 g/mol. The molecule has 3 nitrogen and oxygen atoms in total. The lowest BCUT2D eigenvalue weighted by molar-refractivity contribution is -0.106. The van der Waals surface area contributed by atoms with Crippen molar-refractivity contribution in [2.75, 3.05) is 34.4 Å². The lowest BCUT2D eigenvalue weighted by Gasteiger charge is -2.35. The van der Waals surface area contributed by atoms with Gasteiger partial charge < -0.3 is 63.0 Å². The highest BCUT2D eigenvalue weighted by Crippen LogP contribution is 2.72. The van der Waals surface area contributed by atoms with Crippen LogP contribution in [0, 0.1) is 47.3 Å². The van der Waals surface area contributed by atoms with Gasteiger partial charge >= 0.3 is 0 Å². The van der Waals surface area contributed by atoms with Gasteiger partial charge in [-0.1, -0.05) is 201 Å². The number of halogens is 5. The van der Waals surface area contributed by atoms with Crippen LogP contribution in [0.5, 0.6) is 0 Å². The number of aliphatic hydroxyl groups is 2. The van der Waals surface area contributed by atoms with Crippen molar-refractivity contribution in [3.05, 3.63) is 206 Å². The molecule has 0 aromatic heterocycles. The first-order valence-electron chi connectivity index (χ1n) is 31.1. The van der Waals surface area contributed by atoms with Crippen LogP contribution in [0.2, 0.25) is 0 Å². The first kappa shape index (κ1) is 87.3. The molecule has 4 aliphatic rings. The van der Waals surface area contributed by atoms with Gasteiger partial charge in [0.2, 0.25) is 0 Å². The van der Waals surface area contributed by atoms with Crippen molar-refractivity contribution >= 4 is 130 Å². The van der Waals surface area contributed by atoms with E-state index >= 15 is 0 Å². The molecule has 6 aromatic carbocycles. The van der Waals surface area contributed by atoms with Crippen molar-refractivity contribution in [3.63, 3.8) is 0 Å². The first-order valence-corrected chi connectivity index (χ1v) is 40.0. The number of aliphatic hydroxyl groups excluding tert-OH is 2. The maximum Gasteiger partial charge on any atom is 0.127 e. The monoisotopic (exact) mass is 1810 g/mol. The van der Waals surface area contributed by atoms with Gasteiger partial charge in [0.25, 0.3) is 0 Å². The summed E-state index contributed by atoms with van der Waals surface area (Å²) in [6.45, 7) is 4.60. The van der Waals surface area contributed by atoms with Crippen LogP contribution in [-0.2, 0) is 4.79 Å². The minimum absolute atomic E-state index is 0. The highest BCUT2D eigenvalue weighted by molar-refractivity contribution is 14.1. The van der Waals surface area contributed by atoms with Crippen molar-refractivity contribution in [2.45, 2.75) is 146 Å². The number of aldehydes is 1. The van der Waals surface area contributed by atoms with Gasteiger partial charge in [0.1, 0.15) is 52.3 Å². The van der Waals surface area contributed by atoms with Gasteiger partial charge in [0.05, 0.1) is 14.4 Å². The second-order valence-corrected chi connectivity index (χ2v) is 35.2. The van der Waals surface area contributed by atoms with Gasteiger partial charge in [-0.15, -0.1) is 24.0 Å². The van der Waals surface area contributed by atoms with E-state index in [-0.39, 0.29) is 94.2 Å². The zero-order valence-electron chi connectivity index (χ0n) is 51.0. The van der Waals surface area contributed by atoms with E-state index < -0.39 is 14.2 Å². The lowest BCUT2D eigenvalue weighted by Crippen LogP contribution is -3.00. The third-order valence-electron chi connectivity index (χ3n) is 17.8. The molecular weight excluding hydrogens is 1700 g/mol. The molecule has 11 heteroatoms. The van der Waals surface area contributed by atoms with Crippen LogP contribution in [0.1, 0.15) is 146 Å². The van der Waals surface area contributed by atoms with Crippen LogP contribution in [0.25, 0.3) is 0 Å². The van der Waals surface area contributed by atoms with E-state index in [0.29, 0.717) is 25.0 Å². The van der Waals surface area contributed by atoms with E-state index in [0.717, 1.165) is 75.7 Å². The fourth-order valence-corrected chi connectivity index (χ4v) is 28.3. The molecule has 4 saturated carbocycles. The number of rotatable bonds is 17. The minimum atomic E-state index is -1.80. The molecule has 0 bridgehead atoms. The fourth-order valence-electron chi connectivity index (χ4n) is 13.0. The Morgan fingerprint density at radius 1 is 0.398 bits per heavy atom. The Balaban J connectivity index is 0.00000151. The van der Waals surface area contributed by atoms with Crippen molar-refractivity contribution in [2.24, 2.45) is 47.3 Å². The first-order chi connectivity index (χ1) is 40.3. The maximum absolute atomic E-state index is 8.81. The Kier molecular flexibility index (Phi) is 50.3. The van der Waals surface area contributed by atoms with Crippen molar-refractivity contribution in [1.82, 2.24) is 0 Å². The molecule has 0 saturated heterocycles. The Bertz CT molecular complexity index is 2360. The number of allylic oxidation sites excluding steroid dienone is 4.